The topological polar surface area (TPSA) is 62.6 Å². The van der Waals surface area contributed by atoms with Gasteiger partial charge in [0, 0.05) is 6.04 Å². The second-order valence-electron chi connectivity index (χ2n) is 7.34. The Morgan fingerprint density at radius 1 is 0.960 bits per heavy atom. The third-order valence-electron chi connectivity index (χ3n) is 4.02. The van der Waals surface area contributed by atoms with Crippen LogP contribution in [0.15, 0.2) is 30.3 Å². The van der Waals surface area contributed by atoms with E-state index in [0.717, 1.165) is 23.4 Å². The van der Waals surface area contributed by atoms with Crippen LogP contribution < -0.4 is 15.5 Å². The molecular weight excluding hydrogens is 314 g/mol. The van der Waals surface area contributed by atoms with Gasteiger partial charge in [-0.25, -0.2) is 0 Å². The van der Waals surface area contributed by atoms with E-state index in [2.05, 4.69) is 24.5 Å². The summed E-state index contributed by atoms with van der Waals surface area (Å²) >= 11 is 0. The number of nitrogens with one attached hydrogen (secondary N) is 3. The van der Waals surface area contributed by atoms with Crippen molar-refractivity contribution in [2.45, 2.75) is 53.1 Å². The van der Waals surface area contributed by atoms with E-state index in [1.807, 2.05) is 51.1 Å². The van der Waals surface area contributed by atoms with Gasteiger partial charge in [0.1, 0.15) is 0 Å². The molecule has 5 heteroatoms. The molecular formula is C20H34N3O2+. The second kappa shape index (κ2) is 10.9. The summed E-state index contributed by atoms with van der Waals surface area (Å²) in [5.74, 6) is 0.460. The molecule has 0 aliphatic carbocycles. The Morgan fingerprint density at radius 3 is 2.00 bits per heavy atom. The van der Waals surface area contributed by atoms with Crippen molar-refractivity contribution < 1.29 is 14.5 Å². The van der Waals surface area contributed by atoms with Crippen molar-refractivity contribution in [3.63, 3.8) is 0 Å². The molecule has 1 aromatic rings. The van der Waals surface area contributed by atoms with Crippen molar-refractivity contribution in [1.82, 2.24) is 10.6 Å². The maximum absolute atomic E-state index is 12.5. The van der Waals surface area contributed by atoms with Crippen molar-refractivity contribution in [2.24, 2.45) is 5.92 Å². The van der Waals surface area contributed by atoms with Gasteiger partial charge in [0.05, 0.1) is 12.6 Å². The van der Waals surface area contributed by atoms with Crippen LogP contribution in [0.1, 0.15) is 52.6 Å². The lowest BCUT2D eigenvalue weighted by atomic mass is 9.97. The van der Waals surface area contributed by atoms with E-state index in [-0.39, 0.29) is 23.9 Å². The zero-order valence-electron chi connectivity index (χ0n) is 16.3. The summed E-state index contributed by atoms with van der Waals surface area (Å²) in [6, 6.07) is 10.2. The van der Waals surface area contributed by atoms with Crippen LogP contribution in [-0.2, 0) is 9.59 Å². The third kappa shape index (κ3) is 8.68. The average molecular weight is 349 g/mol. The lowest BCUT2D eigenvalue weighted by Crippen LogP contribution is -3.14. The summed E-state index contributed by atoms with van der Waals surface area (Å²) in [6.45, 7) is 11.5. The summed E-state index contributed by atoms with van der Waals surface area (Å²) in [6.07, 6.45) is 0.894. The molecule has 0 heterocycles. The van der Waals surface area contributed by atoms with Gasteiger partial charge in [-0.2, -0.15) is 0 Å². The number of benzene rings is 1. The largest absolute Gasteiger partial charge is 0.349 e. The first-order chi connectivity index (χ1) is 11.8. The summed E-state index contributed by atoms with van der Waals surface area (Å²) in [7, 11) is 0. The number of likely N-dealkylation sites (N-methyl/N-ethyl adjacent to an activating group) is 1. The highest BCUT2D eigenvalue weighted by atomic mass is 16.2. The van der Waals surface area contributed by atoms with Gasteiger partial charge >= 0.3 is 0 Å². The average Bonchev–Trinajstić information content (AvgIpc) is 2.53. The number of hydrogen-bond donors (Lipinski definition) is 3. The maximum Gasteiger partial charge on any atom is 0.275 e. The molecule has 5 nitrogen and oxygen atoms in total. The quantitative estimate of drug-likeness (QED) is 0.597. The predicted molar refractivity (Wildman–Crippen MR) is 101 cm³/mol. The van der Waals surface area contributed by atoms with Crippen LogP contribution in [0.4, 0.5) is 0 Å². The first-order valence-corrected chi connectivity index (χ1v) is 9.29. The van der Waals surface area contributed by atoms with Gasteiger partial charge in [0.15, 0.2) is 13.1 Å². The van der Waals surface area contributed by atoms with Gasteiger partial charge in [-0.15, -0.1) is 0 Å². The molecule has 0 saturated carbocycles. The minimum atomic E-state index is -0.0126. The number of rotatable bonds is 10. The van der Waals surface area contributed by atoms with Crippen molar-refractivity contribution in [1.29, 1.82) is 0 Å². The smallest absolute Gasteiger partial charge is 0.275 e. The molecule has 0 aromatic heterocycles. The Balaban J connectivity index is 2.64. The summed E-state index contributed by atoms with van der Waals surface area (Å²) in [5.41, 5.74) is 1.13. The first kappa shape index (κ1) is 21.2. The SMILES string of the molecule is CC[NH+](CC(=O)NC(C)C)CC(=O)N[C@@H](CC(C)C)c1ccccc1. The highest BCUT2D eigenvalue weighted by molar-refractivity contribution is 5.79. The molecule has 140 valence electrons. The molecule has 0 saturated heterocycles. The van der Waals surface area contributed by atoms with E-state index < -0.39 is 0 Å². The normalized spacial score (nSPS) is 13.6. The van der Waals surface area contributed by atoms with E-state index in [0.29, 0.717) is 19.0 Å². The molecule has 25 heavy (non-hydrogen) atoms. The third-order valence-corrected chi connectivity index (χ3v) is 4.02. The van der Waals surface area contributed by atoms with Crippen molar-refractivity contribution in [2.75, 3.05) is 19.6 Å². The summed E-state index contributed by atoms with van der Waals surface area (Å²) < 4.78 is 0. The molecule has 0 aliphatic heterocycles. The van der Waals surface area contributed by atoms with Gasteiger partial charge in [0.25, 0.3) is 11.8 Å². The molecule has 0 spiro atoms. The molecule has 3 N–H and O–H groups in total. The fourth-order valence-corrected chi connectivity index (χ4v) is 2.82. The van der Waals surface area contributed by atoms with Crippen LogP contribution in [0.3, 0.4) is 0 Å². The molecule has 0 bridgehead atoms. The van der Waals surface area contributed by atoms with Crippen LogP contribution in [0.2, 0.25) is 0 Å². The van der Waals surface area contributed by atoms with E-state index in [4.69, 9.17) is 0 Å². The van der Waals surface area contributed by atoms with Gasteiger partial charge in [-0.3, -0.25) is 9.59 Å². The Bertz CT molecular complexity index is 529. The van der Waals surface area contributed by atoms with E-state index in [1.54, 1.807) is 0 Å². The van der Waals surface area contributed by atoms with E-state index >= 15 is 0 Å². The molecule has 1 unspecified atom stereocenters. The number of amides is 2. The fraction of sp³-hybridized carbons (Fsp3) is 0.600. The van der Waals surface area contributed by atoms with Crippen LogP contribution >= 0.6 is 0 Å². The Morgan fingerprint density at radius 2 is 1.52 bits per heavy atom. The monoisotopic (exact) mass is 348 g/mol. The van der Waals surface area contributed by atoms with Crippen LogP contribution in [-0.4, -0.2) is 37.5 Å². The van der Waals surface area contributed by atoms with Crippen LogP contribution in [0.25, 0.3) is 0 Å². The molecule has 1 aromatic carbocycles. The Hall–Kier alpha value is -1.88. The standard InChI is InChI=1S/C20H33N3O2/c1-6-23(13-19(24)21-16(4)5)14-20(25)22-18(12-15(2)3)17-10-8-7-9-11-17/h7-11,15-16,18H,6,12-14H2,1-5H3,(H,21,24)(H,22,25)/p+1/t18-/m0/s1. The lowest BCUT2D eigenvalue weighted by Gasteiger charge is -2.23. The molecule has 2 atom stereocenters. The Kier molecular flexibility index (Phi) is 9.21. The first-order valence-electron chi connectivity index (χ1n) is 9.29. The van der Waals surface area contributed by atoms with Crippen LogP contribution in [0, 0.1) is 5.92 Å². The molecule has 0 radical (unpaired) electrons. The van der Waals surface area contributed by atoms with Crippen molar-refractivity contribution >= 4 is 11.8 Å². The van der Waals surface area contributed by atoms with E-state index in [9.17, 15) is 9.59 Å². The van der Waals surface area contributed by atoms with Gasteiger partial charge in [0.2, 0.25) is 0 Å². The number of carbonyl (C=O) groups excluding carboxylic acids is 2. The van der Waals surface area contributed by atoms with Crippen LogP contribution in [0.5, 0.6) is 0 Å². The predicted octanol–water partition coefficient (Wildman–Crippen LogP) is 1.32. The highest BCUT2D eigenvalue weighted by Crippen LogP contribution is 2.20. The maximum atomic E-state index is 12.5. The number of carbonyl (C=O) groups is 2. The highest BCUT2D eigenvalue weighted by Gasteiger charge is 2.21. The molecule has 2 amide bonds. The van der Waals surface area contributed by atoms with Gasteiger partial charge in [-0.05, 0) is 38.7 Å². The minimum Gasteiger partial charge on any atom is -0.349 e. The molecule has 0 aliphatic rings. The Labute approximate surface area is 152 Å². The lowest BCUT2D eigenvalue weighted by molar-refractivity contribution is -0.881. The van der Waals surface area contributed by atoms with Crippen molar-refractivity contribution in [3.8, 4) is 0 Å². The fourth-order valence-electron chi connectivity index (χ4n) is 2.82. The number of quaternary nitrogens is 1. The minimum absolute atomic E-state index is 0.0105. The number of hydrogen-bond acceptors (Lipinski definition) is 2. The second-order valence-corrected chi connectivity index (χ2v) is 7.34. The van der Waals surface area contributed by atoms with Gasteiger partial charge < -0.3 is 15.5 Å². The van der Waals surface area contributed by atoms with Crippen molar-refractivity contribution in [3.05, 3.63) is 35.9 Å². The summed E-state index contributed by atoms with van der Waals surface area (Å²) in [5, 5.41) is 6.03. The molecule has 0 fully saturated rings. The summed E-state index contributed by atoms with van der Waals surface area (Å²) in [4.78, 5) is 25.4. The van der Waals surface area contributed by atoms with E-state index in [1.165, 1.54) is 0 Å². The van der Waals surface area contributed by atoms with Gasteiger partial charge in [-0.1, -0.05) is 44.2 Å². The molecule has 1 rings (SSSR count). The zero-order chi connectivity index (χ0) is 18.8. The zero-order valence-corrected chi connectivity index (χ0v) is 16.3.